The standard InChI is InChI=1S/C27H30N4O7S/c1-4-28-27(33)20(2)29(18-21-10-8-13-24(16-21)38-3)26(32)19-30(22-11-9-12-23(17-22)31(34)35)39(36,37)25-14-6-5-7-15-25/h5-17,20H,4,18-19H2,1-3H3,(H,28,33). The predicted octanol–water partition coefficient (Wildman–Crippen LogP) is 3.35. The van der Waals surface area contributed by atoms with Gasteiger partial charge < -0.3 is 15.0 Å². The first-order valence-electron chi connectivity index (χ1n) is 12.1. The van der Waals surface area contributed by atoms with Crippen LogP contribution in [0.1, 0.15) is 19.4 Å². The van der Waals surface area contributed by atoms with Gasteiger partial charge in [0.1, 0.15) is 18.3 Å². The highest BCUT2D eigenvalue weighted by molar-refractivity contribution is 7.92. The second kappa shape index (κ2) is 12.9. The van der Waals surface area contributed by atoms with E-state index in [0.717, 1.165) is 10.4 Å². The van der Waals surface area contributed by atoms with Crippen LogP contribution in [0.25, 0.3) is 0 Å². The summed E-state index contributed by atoms with van der Waals surface area (Å²) in [6, 6.07) is 18.5. The molecule has 1 atom stereocenters. The average Bonchev–Trinajstić information content (AvgIpc) is 2.94. The predicted molar refractivity (Wildman–Crippen MR) is 146 cm³/mol. The lowest BCUT2D eigenvalue weighted by Gasteiger charge is -2.32. The van der Waals surface area contributed by atoms with E-state index in [1.165, 1.54) is 54.5 Å². The van der Waals surface area contributed by atoms with E-state index in [2.05, 4.69) is 5.32 Å². The molecule has 3 aromatic rings. The third-order valence-corrected chi connectivity index (χ3v) is 7.73. The lowest BCUT2D eigenvalue weighted by Crippen LogP contribution is -2.51. The average molecular weight is 555 g/mol. The first kappa shape index (κ1) is 29.1. The van der Waals surface area contributed by atoms with Gasteiger partial charge in [-0.25, -0.2) is 8.42 Å². The summed E-state index contributed by atoms with van der Waals surface area (Å²) in [5, 5.41) is 14.1. The first-order valence-corrected chi connectivity index (χ1v) is 13.5. The van der Waals surface area contributed by atoms with Crippen molar-refractivity contribution in [3.05, 3.63) is 94.5 Å². The molecule has 12 heteroatoms. The molecule has 0 aliphatic heterocycles. The third-order valence-electron chi connectivity index (χ3n) is 5.94. The molecule has 1 unspecified atom stereocenters. The SMILES string of the molecule is CCNC(=O)C(C)N(Cc1cccc(OC)c1)C(=O)CN(c1cccc([N+](=O)[O-])c1)S(=O)(=O)c1ccccc1. The molecule has 0 heterocycles. The van der Waals surface area contributed by atoms with E-state index in [1.54, 1.807) is 44.2 Å². The Bertz CT molecular complexity index is 1430. The van der Waals surface area contributed by atoms with Gasteiger partial charge in [0.2, 0.25) is 11.8 Å². The number of nitro benzene ring substituents is 1. The number of hydrogen-bond donors (Lipinski definition) is 1. The maximum Gasteiger partial charge on any atom is 0.271 e. The zero-order valence-electron chi connectivity index (χ0n) is 21.8. The van der Waals surface area contributed by atoms with Crippen LogP contribution in [0.2, 0.25) is 0 Å². The number of benzene rings is 3. The van der Waals surface area contributed by atoms with Crippen molar-refractivity contribution in [3.63, 3.8) is 0 Å². The fourth-order valence-corrected chi connectivity index (χ4v) is 5.31. The molecular weight excluding hydrogens is 524 g/mol. The highest BCUT2D eigenvalue weighted by Crippen LogP contribution is 2.27. The number of nitrogens with one attached hydrogen (secondary N) is 1. The minimum atomic E-state index is -4.32. The van der Waals surface area contributed by atoms with Gasteiger partial charge in [-0.1, -0.05) is 36.4 Å². The maximum atomic E-state index is 13.8. The van der Waals surface area contributed by atoms with Crippen LogP contribution in [0.5, 0.6) is 5.75 Å². The number of anilines is 1. The van der Waals surface area contributed by atoms with Crippen molar-refractivity contribution < 1.29 is 27.7 Å². The highest BCUT2D eigenvalue weighted by atomic mass is 32.2. The van der Waals surface area contributed by atoms with Crippen LogP contribution < -0.4 is 14.4 Å². The van der Waals surface area contributed by atoms with Crippen molar-refractivity contribution in [2.75, 3.05) is 24.5 Å². The summed E-state index contributed by atoms with van der Waals surface area (Å²) < 4.78 is 33.5. The van der Waals surface area contributed by atoms with E-state index in [1.807, 2.05) is 0 Å². The number of carbonyl (C=O) groups is 2. The van der Waals surface area contributed by atoms with Crippen LogP contribution >= 0.6 is 0 Å². The van der Waals surface area contributed by atoms with Crippen molar-refractivity contribution in [1.82, 2.24) is 10.2 Å². The second-order valence-corrected chi connectivity index (χ2v) is 10.4. The van der Waals surface area contributed by atoms with Crippen molar-refractivity contribution in [2.24, 2.45) is 0 Å². The molecule has 0 aliphatic carbocycles. The van der Waals surface area contributed by atoms with Crippen LogP contribution in [0, 0.1) is 10.1 Å². The Morgan fingerprint density at radius 1 is 1.03 bits per heavy atom. The molecule has 3 aromatic carbocycles. The van der Waals surface area contributed by atoms with Crippen molar-refractivity contribution >= 4 is 33.2 Å². The normalized spacial score (nSPS) is 11.8. The third kappa shape index (κ3) is 7.11. The zero-order valence-corrected chi connectivity index (χ0v) is 22.6. The molecule has 1 N–H and O–H groups in total. The van der Waals surface area contributed by atoms with Crippen LogP contribution in [-0.2, 0) is 26.2 Å². The Hall–Kier alpha value is -4.45. The number of rotatable bonds is 12. The Balaban J connectivity index is 2.06. The number of carbonyl (C=O) groups excluding carboxylic acids is 2. The number of nitrogens with zero attached hydrogens (tertiary/aromatic N) is 3. The zero-order chi connectivity index (χ0) is 28.6. The van der Waals surface area contributed by atoms with Crippen LogP contribution in [0.15, 0.2) is 83.8 Å². The van der Waals surface area contributed by atoms with Crippen molar-refractivity contribution in [3.8, 4) is 5.75 Å². The monoisotopic (exact) mass is 554 g/mol. The van der Waals surface area contributed by atoms with Gasteiger partial charge >= 0.3 is 0 Å². The summed E-state index contributed by atoms with van der Waals surface area (Å²) in [6.45, 7) is 2.92. The van der Waals surface area contributed by atoms with Gasteiger partial charge in [0.15, 0.2) is 0 Å². The molecule has 0 aliphatic rings. The van der Waals surface area contributed by atoms with Gasteiger partial charge in [-0.15, -0.1) is 0 Å². The van der Waals surface area contributed by atoms with Crippen LogP contribution in [0.3, 0.4) is 0 Å². The molecule has 39 heavy (non-hydrogen) atoms. The molecule has 2 amide bonds. The maximum absolute atomic E-state index is 13.8. The van der Waals surface area contributed by atoms with E-state index in [4.69, 9.17) is 4.74 Å². The number of ether oxygens (including phenoxy) is 1. The minimum absolute atomic E-state index is 0.0114. The first-order chi connectivity index (χ1) is 18.6. The summed E-state index contributed by atoms with van der Waals surface area (Å²) in [7, 11) is -2.82. The fraction of sp³-hybridized carbons (Fsp3) is 0.259. The number of sulfonamides is 1. The Morgan fingerprint density at radius 3 is 2.36 bits per heavy atom. The quantitative estimate of drug-likeness (QED) is 0.268. The van der Waals surface area contributed by atoms with Gasteiger partial charge in [-0.3, -0.25) is 24.0 Å². The lowest BCUT2D eigenvalue weighted by atomic mass is 10.1. The van der Waals surface area contributed by atoms with Gasteiger partial charge in [0, 0.05) is 25.2 Å². The van der Waals surface area contributed by atoms with E-state index in [0.29, 0.717) is 17.9 Å². The number of likely N-dealkylation sites (N-methyl/N-ethyl adjacent to an activating group) is 1. The van der Waals surface area contributed by atoms with E-state index in [9.17, 15) is 28.1 Å². The molecular formula is C27H30N4O7S. The molecule has 0 bridgehead atoms. The van der Waals surface area contributed by atoms with Crippen LogP contribution in [-0.4, -0.2) is 56.3 Å². The largest absolute Gasteiger partial charge is 0.497 e. The Kier molecular flexibility index (Phi) is 9.61. The lowest BCUT2D eigenvalue weighted by molar-refractivity contribution is -0.384. The van der Waals surface area contributed by atoms with Gasteiger partial charge in [-0.05, 0) is 49.7 Å². The minimum Gasteiger partial charge on any atom is -0.497 e. The number of nitro groups is 1. The summed E-state index contributed by atoms with van der Waals surface area (Å²) in [5.41, 5.74) is 0.261. The molecule has 0 spiro atoms. The molecule has 0 radical (unpaired) electrons. The van der Waals surface area contributed by atoms with Gasteiger partial charge in [0.05, 0.1) is 22.6 Å². The molecule has 0 fully saturated rings. The Labute approximate surface area is 227 Å². The van der Waals surface area contributed by atoms with E-state index < -0.39 is 39.3 Å². The van der Waals surface area contributed by atoms with Gasteiger partial charge in [-0.2, -0.15) is 0 Å². The number of methoxy groups -OCH3 is 1. The summed E-state index contributed by atoms with van der Waals surface area (Å²) >= 11 is 0. The topological polar surface area (TPSA) is 139 Å². The van der Waals surface area contributed by atoms with Crippen molar-refractivity contribution in [2.45, 2.75) is 31.3 Å². The summed E-state index contributed by atoms with van der Waals surface area (Å²) in [4.78, 5) is 38.5. The molecule has 3 rings (SSSR count). The Morgan fingerprint density at radius 2 is 1.72 bits per heavy atom. The molecule has 11 nitrogen and oxygen atoms in total. The molecule has 0 aromatic heterocycles. The molecule has 206 valence electrons. The summed E-state index contributed by atoms with van der Waals surface area (Å²) in [5.74, 6) is -0.542. The second-order valence-electron chi connectivity index (χ2n) is 8.55. The number of non-ortho nitro benzene ring substituents is 1. The van der Waals surface area contributed by atoms with Crippen LogP contribution in [0.4, 0.5) is 11.4 Å². The molecule has 0 saturated carbocycles. The fourth-order valence-electron chi connectivity index (χ4n) is 3.88. The van der Waals surface area contributed by atoms with Crippen molar-refractivity contribution in [1.29, 1.82) is 0 Å². The molecule has 0 saturated heterocycles. The number of amides is 2. The van der Waals surface area contributed by atoms with Gasteiger partial charge in [0.25, 0.3) is 15.7 Å². The van der Waals surface area contributed by atoms with E-state index >= 15 is 0 Å². The smallest absolute Gasteiger partial charge is 0.271 e. The summed E-state index contributed by atoms with van der Waals surface area (Å²) in [6.07, 6.45) is 0. The van der Waals surface area contributed by atoms with E-state index in [-0.39, 0.29) is 22.8 Å². The number of hydrogen-bond acceptors (Lipinski definition) is 7. The highest BCUT2D eigenvalue weighted by Gasteiger charge is 2.33.